The molecule has 7 heteroatoms. The van der Waals surface area contributed by atoms with Gasteiger partial charge in [-0.3, -0.25) is 4.79 Å². The third-order valence-corrected chi connectivity index (χ3v) is 5.10. The maximum atomic E-state index is 12.6. The van der Waals surface area contributed by atoms with Crippen LogP contribution in [-0.4, -0.2) is 60.7 Å². The first-order valence-electron chi connectivity index (χ1n) is 9.90. The molecule has 0 radical (unpaired) electrons. The lowest BCUT2D eigenvalue weighted by molar-refractivity contribution is -0.133. The van der Waals surface area contributed by atoms with E-state index in [0.717, 1.165) is 17.1 Å². The number of hydrogen-bond donors (Lipinski definition) is 0. The Morgan fingerprint density at radius 3 is 2.37 bits per heavy atom. The molecule has 2 aromatic carbocycles. The largest absolute Gasteiger partial charge is 0.493 e. The van der Waals surface area contributed by atoms with E-state index < -0.39 is 0 Å². The van der Waals surface area contributed by atoms with E-state index in [-0.39, 0.29) is 12.5 Å². The van der Waals surface area contributed by atoms with Crippen molar-refractivity contribution >= 4 is 11.7 Å². The van der Waals surface area contributed by atoms with Gasteiger partial charge in [0.2, 0.25) is 0 Å². The predicted molar refractivity (Wildman–Crippen MR) is 115 cm³/mol. The van der Waals surface area contributed by atoms with Crippen LogP contribution in [0.3, 0.4) is 0 Å². The summed E-state index contributed by atoms with van der Waals surface area (Å²) in [6, 6.07) is 19.4. The highest BCUT2D eigenvalue weighted by atomic mass is 16.5. The number of para-hydroxylation sites is 2. The summed E-state index contributed by atoms with van der Waals surface area (Å²) in [7, 11) is 1.58. The molecule has 1 saturated heterocycles. The molecule has 0 aliphatic carbocycles. The van der Waals surface area contributed by atoms with Crippen molar-refractivity contribution in [3.8, 4) is 22.8 Å². The molecule has 0 atom stereocenters. The van der Waals surface area contributed by atoms with Gasteiger partial charge in [-0.1, -0.05) is 42.5 Å². The van der Waals surface area contributed by atoms with E-state index in [1.165, 1.54) is 0 Å². The Labute approximate surface area is 175 Å². The lowest BCUT2D eigenvalue weighted by Crippen LogP contribution is -2.50. The first-order valence-corrected chi connectivity index (χ1v) is 9.90. The molecule has 1 aromatic heterocycles. The molecule has 4 rings (SSSR count). The Balaban J connectivity index is 1.33. The monoisotopic (exact) mass is 404 g/mol. The second kappa shape index (κ2) is 9.26. The number of amides is 1. The van der Waals surface area contributed by atoms with Gasteiger partial charge in [0.1, 0.15) is 12.1 Å². The molecule has 3 aromatic rings. The Kier molecular flexibility index (Phi) is 6.08. The van der Waals surface area contributed by atoms with Crippen molar-refractivity contribution < 1.29 is 14.3 Å². The van der Waals surface area contributed by atoms with E-state index in [9.17, 15) is 4.79 Å². The third kappa shape index (κ3) is 4.51. The fraction of sp³-hybridized carbons (Fsp3) is 0.261. The molecule has 1 fully saturated rings. The highest BCUT2D eigenvalue weighted by Crippen LogP contribution is 2.26. The molecule has 7 nitrogen and oxygen atoms in total. The number of anilines is 1. The number of carbonyl (C=O) groups is 1. The van der Waals surface area contributed by atoms with Crippen LogP contribution in [0.1, 0.15) is 0 Å². The van der Waals surface area contributed by atoms with Gasteiger partial charge < -0.3 is 19.3 Å². The van der Waals surface area contributed by atoms with Gasteiger partial charge in [0.15, 0.2) is 18.1 Å². The summed E-state index contributed by atoms with van der Waals surface area (Å²) in [5.41, 5.74) is 1.95. The zero-order valence-electron chi connectivity index (χ0n) is 16.9. The highest BCUT2D eigenvalue weighted by molar-refractivity contribution is 5.78. The van der Waals surface area contributed by atoms with Crippen molar-refractivity contribution in [1.29, 1.82) is 0 Å². The van der Waals surface area contributed by atoms with E-state index >= 15 is 0 Å². The van der Waals surface area contributed by atoms with Gasteiger partial charge in [-0.2, -0.15) is 0 Å². The van der Waals surface area contributed by atoms with Crippen LogP contribution >= 0.6 is 0 Å². The van der Waals surface area contributed by atoms with E-state index in [1.807, 2.05) is 59.5 Å². The van der Waals surface area contributed by atoms with Gasteiger partial charge in [0, 0.05) is 37.8 Å². The molecule has 0 N–H and O–H groups in total. The van der Waals surface area contributed by atoms with Gasteiger partial charge >= 0.3 is 0 Å². The van der Waals surface area contributed by atoms with Crippen LogP contribution in [0.25, 0.3) is 11.3 Å². The van der Waals surface area contributed by atoms with E-state index in [1.54, 1.807) is 19.5 Å². The zero-order chi connectivity index (χ0) is 20.8. The summed E-state index contributed by atoms with van der Waals surface area (Å²) < 4.78 is 10.9. The summed E-state index contributed by atoms with van der Waals surface area (Å²) >= 11 is 0. The minimum absolute atomic E-state index is 0.00790. The lowest BCUT2D eigenvalue weighted by Gasteiger charge is -2.35. The number of rotatable bonds is 6. The topological polar surface area (TPSA) is 67.8 Å². The number of methoxy groups -OCH3 is 1. The summed E-state index contributed by atoms with van der Waals surface area (Å²) in [5.74, 6) is 2.03. The van der Waals surface area contributed by atoms with Crippen molar-refractivity contribution in [2.75, 3.05) is 44.8 Å². The number of ether oxygens (including phenoxy) is 2. The van der Waals surface area contributed by atoms with E-state index in [2.05, 4.69) is 14.9 Å². The van der Waals surface area contributed by atoms with Crippen molar-refractivity contribution in [2.24, 2.45) is 0 Å². The van der Waals surface area contributed by atoms with Gasteiger partial charge in [0.25, 0.3) is 5.91 Å². The molecule has 1 amide bonds. The lowest BCUT2D eigenvalue weighted by atomic mass is 10.1. The highest BCUT2D eigenvalue weighted by Gasteiger charge is 2.23. The fourth-order valence-electron chi connectivity index (χ4n) is 3.44. The molecule has 0 spiro atoms. The maximum Gasteiger partial charge on any atom is 0.260 e. The Bertz CT molecular complexity index is 989. The van der Waals surface area contributed by atoms with Crippen LogP contribution in [0.15, 0.2) is 67.0 Å². The molecule has 2 heterocycles. The first-order chi connectivity index (χ1) is 14.7. The van der Waals surface area contributed by atoms with Crippen LogP contribution in [0.2, 0.25) is 0 Å². The van der Waals surface area contributed by atoms with Crippen LogP contribution in [-0.2, 0) is 4.79 Å². The van der Waals surface area contributed by atoms with Gasteiger partial charge in [-0.25, -0.2) is 9.97 Å². The standard InChI is InChI=1S/C23H24N4O3/c1-29-20-9-5-6-10-21(20)30-16-23(28)27-13-11-26(12-14-27)22-15-19(24-17-25-22)18-7-3-2-4-8-18/h2-10,15,17H,11-14,16H2,1H3. The van der Waals surface area contributed by atoms with Gasteiger partial charge in [-0.15, -0.1) is 0 Å². The minimum atomic E-state index is -0.0341. The third-order valence-electron chi connectivity index (χ3n) is 5.10. The second-order valence-corrected chi connectivity index (χ2v) is 6.93. The number of hydrogen-bond acceptors (Lipinski definition) is 6. The number of piperazine rings is 1. The molecule has 0 saturated carbocycles. The van der Waals surface area contributed by atoms with E-state index in [0.29, 0.717) is 37.7 Å². The summed E-state index contributed by atoms with van der Waals surface area (Å²) in [6.07, 6.45) is 1.59. The SMILES string of the molecule is COc1ccccc1OCC(=O)N1CCN(c2cc(-c3ccccc3)ncn2)CC1. The normalized spacial score (nSPS) is 13.8. The average Bonchev–Trinajstić information content (AvgIpc) is 2.83. The van der Waals surface area contributed by atoms with Crippen LogP contribution in [0.5, 0.6) is 11.5 Å². The average molecular weight is 404 g/mol. The maximum absolute atomic E-state index is 12.6. The van der Waals surface area contributed by atoms with Crippen molar-refractivity contribution in [2.45, 2.75) is 0 Å². The Morgan fingerprint density at radius 1 is 0.933 bits per heavy atom. The summed E-state index contributed by atoms with van der Waals surface area (Å²) in [5, 5.41) is 0. The summed E-state index contributed by atoms with van der Waals surface area (Å²) in [4.78, 5) is 25.4. The van der Waals surface area contributed by atoms with Crippen LogP contribution in [0.4, 0.5) is 5.82 Å². The van der Waals surface area contributed by atoms with Crippen molar-refractivity contribution in [3.05, 3.63) is 67.0 Å². The number of nitrogens with zero attached hydrogens (tertiary/aromatic N) is 4. The Morgan fingerprint density at radius 2 is 1.63 bits per heavy atom. The molecule has 0 unspecified atom stereocenters. The molecule has 154 valence electrons. The minimum Gasteiger partial charge on any atom is -0.493 e. The molecule has 1 aliphatic rings. The predicted octanol–water partition coefficient (Wildman–Crippen LogP) is 2.88. The molecular formula is C23H24N4O3. The zero-order valence-corrected chi connectivity index (χ0v) is 16.9. The van der Waals surface area contributed by atoms with Gasteiger partial charge in [-0.05, 0) is 12.1 Å². The second-order valence-electron chi connectivity index (χ2n) is 6.93. The molecule has 30 heavy (non-hydrogen) atoms. The van der Waals surface area contributed by atoms with Gasteiger partial charge in [0.05, 0.1) is 12.8 Å². The smallest absolute Gasteiger partial charge is 0.260 e. The van der Waals surface area contributed by atoms with Crippen molar-refractivity contribution in [3.63, 3.8) is 0 Å². The van der Waals surface area contributed by atoms with E-state index in [4.69, 9.17) is 9.47 Å². The summed E-state index contributed by atoms with van der Waals surface area (Å²) in [6.45, 7) is 2.67. The quantitative estimate of drug-likeness (QED) is 0.629. The Hall–Kier alpha value is -3.61. The number of carbonyl (C=O) groups excluding carboxylic acids is 1. The fourth-order valence-corrected chi connectivity index (χ4v) is 3.44. The van der Waals surface area contributed by atoms with Crippen molar-refractivity contribution in [1.82, 2.24) is 14.9 Å². The van der Waals surface area contributed by atoms with Crippen LogP contribution in [0, 0.1) is 0 Å². The first kappa shape index (κ1) is 19.7. The molecule has 1 aliphatic heterocycles. The van der Waals surface area contributed by atoms with Crippen LogP contribution < -0.4 is 14.4 Å². The number of aromatic nitrogens is 2. The molecular weight excluding hydrogens is 380 g/mol. The number of benzene rings is 2. The molecule has 0 bridgehead atoms.